The topological polar surface area (TPSA) is 50.2 Å². The Kier molecular flexibility index (Phi) is 2.99. The largest absolute Gasteiger partial charge is 0.478 e. The summed E-state index contributed by atoms with van der Waals surface area (Å²) in [7, 11) is 0. The van der Waals surface area contributed by atoms with Crippen molar-refractivity contribution in [3.63, 3.8) is 0 Å². The summed E-state index contributed by atoms with van der Waals surface area (Å²) < 4.78 is 0.690. The van der Waals surface area contributed by atoms with Gasteiger partial charge in [0.1, 0.15) is 4.60 Å². The molecule has 1 N–H and O–H groups in total. The molecule has 0 aromatic carbocycles. The first-order valence-corrected chi connectivity index (χ1v) is 4.01. The van der Waals surface area contributed by atoms with Crippen LogP contribution in [0.3, 0.4) is 0 Å². The van der Waals surface area contributed by atoms with E-state index in [1.165, 1.54) is 6.08 Å². The molecule has 0 bridgehead atoms. The van der Waals surface area contributed by atoms with Crippen LogP contribution in [0.5, 0.6) is 0 Å². The first-order valence-electron chi connectivity index (χ1n) is 3.22. The summed E-state index contributed by atoms with van der Waals surface area (Å²) in [5.41, 5.74) is 0.617. The highest BCUT2D eigenvalue weighted by molar-refractivity contribution is 9.10. The molecule has 0 amide bonds. The van der Waals surface area contributed by atoms with Crippen molar-refractivity contribution in [2.75, 3.05) is 0 Å². The summed E-state index contributed by atoms with van der Waals surface area (Å²) in [5, 5.41) is 8.32. The molecule has 0 radical (unpaired) electrons. The molecule has 0 aliphatic rings. The number of hydrogen-bond acceptors (Lipinski definition) is 2. The molecule has 0 fully saturated rings. The molecule has 0 aliphatic heterocycles. The molecule has 0 unspecified atom stereocenters. The van der Waals surface area contributed by atoms with E-state index in [2.05, 4.69) is 20.9 Å². The second-order valence-electron chi connectivity index (χ2n) is 2.06. The van der Waals surface area contributed by atoms with Crippen LogP contribution in [-0.4, -0.2) is 16.1 Å². The number of pyridine rings is 1. The zero-order valence-corrected chi connectivity index (χ0v) is 7.65. The molecule has 3 nitrogen and oxygen atoms in total. The van der Waals surface area contributed by atoms with Crippen molar-refractivity contribution in [2.45, 2.75) is 0 Å². The molecule has 4 heteroatoms. The minimum Gasteiger partial charge on any atom is -0.478 e. The lowest BCUT2D eigenvalue weighted by atomic mass is 10.3. The van der Waals surface area contributed by atoms with Crippen molar-refractivity contribution in [3.05, 3.63) is 34.6 Å². The van der Waals surface area contributed by atoms with Crippen molar-refractivity contribution in [1.29, 1.82) is 0 Å². The minimum atomic E-state index is -0.975. The molecule has 1 heterocycles. The molecule has 0 aliphatic carbocycles. The Labute approximate surface area is 77.9 Å². The van der Waals surface area contributed by atoms with Crippen LogP contribution in [0.4, 0.5) is 0 Å². The molecular weight excluding hydrogens is 222 g/mol. The lowest BCUT2D eigenvalue weighted by molar-refractivity contribution is -0.131. The summed E-state index contributed by atoms with van der Waals surface area (Å²) in [6.07, 6.45) is 2.49. The normalized spacial score (nSPS) is 10.4. The van der Waals surface area contributed by atoms with E-state index in [4.69, 9.17) is 5.11 Å². The molecule has 0 saturated carbocycles. The van der Waals surface area contributed by atoms with Crippen molar-refractivity contribution in [2.24, 2.45) is 0 Å². The number of nitrogens with zero attached hydrogens (tertiary/aromatic N) is 1. The Morgan fingerprint density at radius 2 is 2.33 bits per heavy atom. The zero-order valence-electron chi connectivity index (χ0n) is 6.07. The van der Waals surface area contributed by atoms with Gasteiger partial charge in [0.25, 0.3) is 0 Å². The second kappa shape index (κ2) is 4.01. The third kappa shape index (κ3) is 2.84. The molecule has 62 valence electrons. The number of aromatic nitrogens is 1. The van der Waals surface area contributed by atoms with Crippen molar-refractivity contribution in [1.82, 2.24) is 4.98 Å². The third-order valence-corrected chi connectivity index (χ3v) is 1.57. The molecular formula is C8H6BrNO2. The highest BCUT2D eigenvalue weighted by Gasteiger charge is 1.91. The average molecular weight is 228 g/mol. The van der Waals surface area contributed by atoms with Gasteiger partial charge < -0.3 is 5.11 Å². The monoisotopic (exact) mass is 227 g/mol. The molecule has 12 heavy (non-hydrogen) atoms. The van der Waals surface area contributed by atoms with Gasteiger partial charge in [0.2, 0.25) is 0 Å². The lowest BCUT2D eigenvalue weighted by Crippen LogP contribution is -1.87. The average Bonchev–Trinajstić information content (AvgIpc) is 2.01. The standard InChI is InChI=1S/C8H6BrNO2/c9-7-3-1-2-6(10-7)4-5-8(11)12/h1-5H,(H,11,12)/b5-4+. The van der Waals surface area contributed by atoms with E-state index in [9.17, 15) is 4.79 Å². The quantitative estimate of drug-likeness (QED) is 0.621. The van der Waals surface area contributed by atoms with Gasteiger partial charge >= 0.3 is 5.97 Å². The van der Waals surface area contributed by atoms with Crippen LogP contribution < -0.4 is 0 Å². The highest BCUT2D eigenvalue weighted by atomic mass is 79.9. The molecule has 0 saturated heterocycles. The third-order valence-electron chi connectivity index (χ3n) is 1.13. The zero-order chi connectivity index (χ0) is 8.97. The number of carbonyl (C=O) groups is 1. The molecule has 1 aromatic rings. The van der Waals surface area contributed by atoms with E-state index in [0.717, 1.165) is 6.08 Å². The number of carboxylic acids is 1. The lowest BCUT2D eigenvalue weighted by Gasteiger charge is -1.91. The Hall–Kier alpha value is -1.16. The molecule has 1 rings (SSSR count). The predicted octanol–water partition coefficient (Wildman–Crippen LogP) is 1.94. The fourth-order valence-corrected chi connectivity index (χ4v) is 1.03. The molecule has 1 aromatic heterocycles. The fourth-order valence-electron chi connectivity index (χ4n) is 0.673. The summed E-state index contributed by atoms with van der Waals surface area (Å²) in [6, 6.07) is 5.29. The van der Waals surface area contributed by atoms with Crippen LogP contribution in [0.2, 0.25) is 0 Å². The van der Waals surface area contributed by atoms with Crippen LogP contribution >= 0.6 is 15.9 Å². The summed E-state index contributed by atoms with van der Waals surface area (Å²) in [4.78, 5) is 14.1. The molecule has 0 atom stereocenters. The van der Waals surface area contributed by atoms with E-state index >= 15 is 0 Å². The van der Waals surface area contributed by atoms with Gasteiger partial charge in [-0.05, 0) is 34.1 Å². The van der Waals surface area contributed by atoms with Gasteiger partial charge in [-0.25, -0.2) is 9.78 Å². The second-order valence-corrected chi connectivity index (χ2v) is 2.87. The minimum absolute atomic E-state index is 0.617. The van der Waals surface area contributed by atoms with E-state index in [1.54, 1.807) is 18.2 Å². The van der Waals surface area contributed by atoms with Crippen molar-refractivity contribution in [3.8, 4) is 0 Å². The fraction of sp³-hybridized carbons (Fsp3) is 0. The van der Waals surface area contributed by atoms with E-state index < -0.39 is 5.97 Å². The van der Waals surface area contributed by atoms with Crippen molar-refractivity contribution >= 4 is 28.0 Å². The van der Waals surface area contributed by atoms with Gasteiger partial charge in [-0.2, -0.15) is 0 Å². The van der Waals surface area contributed by atoms with Gasteiger partial charge in [0.15, 0.2) is 0 Å². The highest BCUT2D eigenvalue weighted by Crippen LogP contribution is 2.06. The van der Waals surface area contributed by atoms with Crippen LogP contribution in [0.1, 0.15) is 5.69 Å². The van der Waals surface area contributed by atoms with E-state index in [-0.39, 0.29) is 0 Å². The maximum absolute atomic E-state index is 10.1. The van der Waals surface area contributed by atoms with Crippen LogP contribution in [0, 0.1) is 0 Å². The number of carboxylic acid groups (broad SMARTS) is 1. The van der Waals surface area contributed by atoms with E-state index in [0.29, 0.717) is 10.3 Å². The number of rotatable bonds is 2. The predicted molar refractivity (Wildman–Crippen MR) is 48.6 cm³/mol. The summed E-state index contributed by atoms with van der Waals surface area (Å²) in [5.74, 6) is -0.975. The first-order chi connectivity index (χ1) is 5.68. The van der Waals surface area contributed by atoms with Crippen LogP contribution in [0.25, 0.3) is 6.08 Å². The van der Waals surface area contributed by atoms with E-state index in [1.807, 2.05) is 0 Å². The maximum atomic E-state index is 10.1. The smallest absolute Gasteiger partial charge is 0.328 e. The van der Waals surface area contributed by atoms with Crippen molar-refractivity contribution < 1.29 is 9.90 Å². The van der Waals surface area contributed by atoms with Gasteiger partial charge in [-0.1, -0.05) is 6.07 Å². The maximum Gasteiger partial charge on any atom is 0.328 e. The number of halogens is 1. The first kappa shape index (κ1) is 8.93. The Morgan fingerprint density at radius 3 is 2.92 bits per heavy atom. The summed E-state index contributed by atoms with van der Waals surface area (Å²) >= 11 is 3.18. The number of hydrogen-bond donors (Lipinski definition) is 1. The van der Waals surface area contributed by atoms with Crippen LogP contribution in [0.15, 0.2) is 28.9 Å². The van der Waals surface area contributed by atoms with Gasteiger partial charge in [0, 0.05) is 6.08 Å². The van der Waals surface area contributed by atoms with Gasteiger partial charge in [-0.3, -0.25) is 0 Å². The summed E-state index contributed by atoms with van der Waals surface area (Å²) in [6.45, 7) is 0. The van der Waals surface area contributed by atoms with Crippen LogP contribution in [-0.2, 0) is 4.79 Å². The van der Waals surface area contributed by atoms with Gasteiger partial charge in [-0.15, -0.1) is 0 Å². The Balaban J connectivity index is 2.83. The van der Waals surface area contributed by atoms with Gasteiger partial charge in [0.05, 0.1) is 5.69 Å². The number of aliphatic carboxylic acids is 1. The SMILES string of the molecule is O=C(O)/C=C/c1cccc(Br)n1. The Morgan fingerprint density at radius 1 is 1.58 bits per heavy atom. The Bertz CT molecular complexity index is 323. The molecule has 0 spiro atoms.